The zero-order valence-electron chi connectivity index (χ0n) is 8.68. The molecule has 0 bridgehead atoms. The summed E-state index contributed by atoms with van der Waals surface area (Å²) in [6.07, 6.45) is 1.52. The predicted molar refractivity (Wildman–Crippen MR) is 70.6 cm³/mol. The topological polar surface area (TPSA) is 33.5 Å². The van der Waals surface area contributed by atoms with E-state index in [1.54, 1.807) is 18.0 Å². The highest BCUT2D eigenvalue weighted by Gasteiger charge is 2.17. The summed E-state index contributed by atoms with van der Waals surface area (Å²) in [6.45, 7) is 0. The average molecular weight is 327 g/mol. The lowest BCUT2D eigenvalue weighted by Gasteiger charge is -2.16. The minimum Gasteiger partial charge on any atom is -0.458 e. The lowest BCUT2D eigenvalue weighted by atomic mass is 10.2. The molecular weight excluding hydrogens is 317 g/mol. The van der Waals surface area contributed by atoms with Gasteiger partial charge in [0.1, 0.15) is 0 Å². The van der Waals surface area contributed by atoms with Gasteiger partial charge in [0.05, 0.1) is 11.8 Å². The second-order valence-electron chi connectivity index (χ2n) is 3.31. The zero-order chi connectivity index (χ0) is 11.5. The molecule has 2 aromatic rings. The van der Waals surface area contributed by atoms with E-state index >= 15 is 0 Å². The third kappa shape index (κ3) is 2.11. The summed E-state index contributed by atoms with van der Waals surface area (Å²) < 4.78 is 5.73. The lowest BCUT2D eigenvalue weighted by Crippen LogP contribution is -2.26. The van der Waals surface area contributed by atoms with E-state index in [4.69, 9.17) is 4.42 Å². The molecule has 0 spiro atoms. The van der Waals surface area contributed by atoms with Gasteiger partial charge in [0.15, 0.2) is 3.77 Å². The maximum Gasteiger partial charge on any atom is 0.262 e. The van der Waals surface area contributed by atoms with Crippen LogP contribution in [0.2, 0.25) is 0 Å². The fraction of sp³-hybridized carbons (Fsp3) is 0.0833. The molecule has 3 nitrogen and oxygen atoms in total. The molecule has 0 fully saturated rings. The molecule has 0 saturated heterocycles. The smallest absolute Gasteiger partial charge is 0.262 e. The molecule has 0 aliphatic carbocycles. The maximum absolute atomic E-state index is 12.1. The van der Waals surface area contributed by atoms with Gasteiger partial charge in [0.25, 0.3) is 5.91 Å². The number of amides is 1. The first-order valence-electron chi connectivity index (χ1n) is 4.76. The van der Waals surface area contributed by atoms with Gasteiger partial charge in [0.2, 0.25) is 0 Å². The van der Waals surface area contributed by atoms with Crippen molar-refractivity contribution in [3.63, 3.8) is 0 Å². The first-order valence-corrected chi connectivity index (χ1v) is 5.84. The molecule has 0 radical (unpaired) electrons. The van der Waals surface area contributed by atoms with Crippen molar-refractivity contribution in [1.82, 2.24) is 0 Å². The van der Waals surface area contributed by atoms with Crippen molar-refractivity contribution in [2.24, 2.45) is 0 Å². The van der Waals surface area contributed by atoms with Crippen molar-refractivity contribution in [1.29, 1.82) is 0 Å². The first-order chi connectivity index (χ1) is 7.70. The molecule has 1 heterocycles. The van der Waals surface area contributed by atoms with Crippen LogP contribution in [0.5, 0.6) is 0 Å². The van der Waals surface area contributed by atoms with Crippen LogP contribution in [0.1, 0.15) is 10.4 Å². The van der Waals surface area contributed by atoms with Crippen LogP contribution >= 0.6 is 22.6 Å². The maximum atomic E-state index is 12.1. The summed E-state index contributed by atoms with van der Waals surface area (Å²) in [7, 11) is 1.75. The molecule has 82 valence electrons. The Morgan fingerprint density at radius 1 is 1.25 bits per heavy atom. The highest BCUT2D eigenvalue weighted by Crippen LogP contribution is 2.19. The number of benzene rings is 1. The predicted octanol–water partition coefficient (Wildman–Crippen LogP) is 3.16. The van der Waals surface area contributed by atoms with Crippen LogP contribution in [0, 0.1) is 3.77 Å². The number of carbonyl (C=O) groups is 1. The van der Waals surface area contributed by atoms with Crippen LogP contribution in [0.4, 0.5) is 5.69 Å². The normalized spacial score (nSPS) is 10.1. The Morgan fingerprint density at radius 2 is 1.94 bits per heavy atom. The highest BCUT2D eigenvalue weighted by atomic mass is 127. The molecule has 1 aromatic carbocycles. The van der Waals surface area contributed by atoms with E-state index < -0.39 is 0 Å². The van der Waals surface area contributed by atoms with Gasteiger partial charge < -0.3 is 9.32 Å². The molecular formula is C12H10INO2. The van der Waals surface area contributed by atoms with E-state index in [9.17, 15) is 4.79 Å². The molecule has 0 N–H and O–H groups in total. The summed E-state index contributed by atoms with van der Waals surface area (Å²) in [4.78, 5) is 13.7. The van der Waals surface area contributed by atoms with E-state index in [0.717, 1.165) is 5.69 Å². The Labute approximate surface area is 107 Å². The number of hydrogen-bond acceptors (Lipinski definition) is 2. The molecule has 0 saturated carbocycles. The average Bonchev–Trinajstić information content (AvgIpc) is 2.75. The van der Waals surface area contributed by atoms with Gasteiger partial charge in [-0.15, -0.1) is 0 Å². The number of carbonyl (C=O) groups excluding carboxylic acids is 1. The van der Waals surface area contributed by atoms with E-state index in [0.29, 0.717) is 9.33 Å². The summed E-state index contributed by atoms with van der Waals surface area (Å²) in [5.41, 5.74) is 1.46. The zero-order valence-corrected chi connectivity index (χ0v) is 10.8. The summed E-state index contributed by atoms with van der Waals surface area (Å²) >= 11 is 2.01. The van der Waals surface area contributed by atoms with Crippen LogP contribution in [0.3, 0.4) is 0 Å². The van der Waals surface area contributed by atoms with E-state index in [1.807, 2.05) is 52.9 Å². The Hall–Kier alpha value is -1.30. The van der Waals surface area contributed by atoms with Gasteiger partial charge in [0, 0.05) is 35.3 Å². The monoisotopic (exact) mass is 327 g/mol. The Kier molecular flexibility index (Phi) is 3.28. The number of nitrogens with zero attached hydrogens (tertiary/aromatic N) is 1. The fourth-order valence-corrected chi connectivity index (χ4v) is 1.95. The van der Waals surface area contributed by atoms with Crippen LogP contribution < -0.4 is 4.90 Å². The highest BCUT2D eigenvalue weighted by molar-refractivity contribution is 14.1. The van der Waals surface area contributed by atoms with Crippen molar-refractivity contribution in [2.75, 3.05) is 11.9 Å². The summed E-state index contributed by atoms with van der Waals surface area (Å²) in [5, 5.41) is 0. The molecule has 1 aromatic heterocycles. The molecule has 1 amide bonds. The van der Waals surface area contributed by atoms with Gasteiger partial charge >= 0.3 is 0 Å². The van der Waals surface area contributed by atoms with Gasteiger partial charge in [-0.25, -0.2) is 0 Å². The number of furan rings is 1. The van der Waals surface area contributed by atoms with Crippen molar-refractivity contribution < 1.29 is 9.21 Å². The summed E-state index contributed by atoms with van der Waals surface area (Å²) in [6, 6.07) is 11.2. The molecule has 4 heteroatoms. The van der Waals surface area contributed by atoms with Gasteiger partial charge in [-0.05, 0) is 18.2 Å². The number of hydrogen-bond donors (Lipinski definition) is 0. The second kappa shape index (κ2) is 4.69. The Morgan fingerprint density at radius 3 is 2.50 bits per heavy atom. The lowest BCUT2D eigenvalue weighted by molar-refractivity contribution is 0.0991. The van der Waals surface area contributed by atoms with Crippen molar-refractivity contribution >= 4 is 34.2 Å². The molecule has 0 unspecified atom stereocenters. The second-order valence-corrected chi connectivity index (χ2v) is 4.29. The number of halogens is 1. The number of anilines is 1. The Balaban J connectivity index is 2.27. The van der Waals surface area contributed by atoms with Crippen LogP contribution in [0.15, 0.2) is 47.1 Å². The van der Waals surface area contributed by atoms with Crippen LogP contribution in [0.25, 0.3) is 0 Å². The molecule has 0 aliphatic heterocycles. The molecule has 16 heavy (non-hydrogen) atoms. The SMILES string of the molecule is CN(C(=O)c1ccoc1I)c1ccccc1. The molecule has 0 atom stereocenters. The van der Waals surface area contributed by atoms with Gasteiger partial charge in [-0.3, -0.25) is 4.79 Å². The van der Waals surface area contributed by atoms with E-state index in [1.165, 1.54) is 6.26 Å². The number of para-hydroxylation sites is 1. The third-order valence-corrected chi connectivity index (χ3v) is 3.13. The fourth-order valence-electron chi connectivity index (χ4n) is 1.40. The Bertz CT molecular complexity index is 493. The first kappa shape index (κ1) is 11.2. The van der Waals surface area contributed by atoms with Crippen LogP contribution in [-0.2, 0) is 0 Å². The van der Waals surface area contributed by atoms with E-state index in [2.05, 4.69) is 0 Å². The van der Waals surface area contributed by atoms with Crippen molar-refractivity contribution in [3.8, 4) is 0 Å². The molecule has 2 rings (SSSR count). The standard InChI is InChI=1S/C12H10INO2/c1-14(9-5-3-2-4-6-9)12(15)10-7-8-16-11(10)13/h2-8H,1H3. The molecule has 0 aliphatic rings. The van der Waals surface area contributed by atoms with Crippen molar-refractivity contribution in [2.45, 2.75) is 0 Å². The third-order valence-electron chi connectivity index (χ3n) is 2.30. The minimum atomic E-state index is -0.0654. The number of rotatable bonds is 2. The quantitative estimate of drug-likeness (QED) is 0.794. The minimum absolute atomic E-state index is 0.0654. The van der Waals surface area contributed by atoms with Gasteiger partial charge in [-0.2, -0.15) is 0 Å². The largest absolute Gasteiger partial charge is 0.458 e. The van der Waals surface area contributed by atoms with Crippen LogP contribution in [-0.4, -0.2) is 13.0 Å². The van der Waals surface area contributed by atoms with E-state index in [-0.39, 0.29) is 5.91 Å². The van der Waals surface area contributed by atoms with Crippen molar-refractivity contribution in [3.05, 3.63) is 52.0 Å². The van der Waals surface area contributed by atoms with Gasteiger partial charge in [-0.1, -0.05) is 18.2 Å². The summed E-state index contributed by atoms with van der Waals surface area (Å²) in [5.74, 6) is -0.0654.